The molecule has 1 aliphatic heterocycles. The van der Waals surface area contributed by atoms with Crippen molar-refractivity contribution in [2.75, 3.05) is 13.2 Å². The molecule has 130 valence electrons. The number of allylic oxidation sites excluding steroid dienone is 1. The van der Waals surface area contributed by atoms with E-state index in [2.05, 4.69) is 50.3 Å². The third-order valence-electron chi connectivity index (χ3n) is 6.30. The van der Waals surface area contributed by atoms with Gasteiger partial charge in [-0.2, -0.15) is 0 Å². The van der Waals surface area contributed by atoms with Crippen LogP contribution >= 0.6 is 11.3 Å². The Kier molecular flexibility index (Phi) is 3.50. The zero-order valence-electron chi connectivity index (χ0n) is 14.9. The maximum atomic E-state index is 6.00. The Bertz CT molecular complexity index is 845. The zero-order valence-corrected chi connectivity index (χ0v) is 15.7. The van der Waals surface area contributed by atoms with Gasteiger partial charge in [0.2, 0.25) is 0 Å². The van der Waals surface area contributed by atoms with Crippen LogP contribution in [0.15, 0.2) is 30.3 Å². The smallest absolute Gasteiger partial charge is 0.168 e. The molecule has 2 spiro atoms. The number of hydrogen-bond acceptors (Lipinski definition) is 3. The Morgan fingerprint density at radius 1 is 0.960 bits per heavy atom. The van der Waals surface area contributed by atoms with Crippen molar-refractivity contribution in [3.63, 3.8) is 0 Å². The molecule has 1 saturated carbocycles. The SMILES string of the molecule is Cc1cc(C2=Cc3ccccc3C23CCC2(CC3)OCCO2)c(C)s1. The molecule has 2 fully saturated rings. The van der Waals surface area contributed by atoms with Gasteiger partial charge in [-0.05, 0) is 61.1 Å². The van der Waals surface area contributed by atoms with E-state index in [1.807, 2.05) is 11.3 Å². The fourth-order valence-electron chi connectivity index (χ4n) is 5.11. The van der Waals surface area contributed by atoms with E-state index >= 15 is 0 Å². The lowest BCUT2D eigenvalue weighted by atomic mass is 9.64. The Balaban J connectivity index is 1.60. The van der Waals surface area contributed by atoms with Crippen LogP contribution in [-0.2, 0) is 14.9 Å². The summed E-state index contributed by atoms with van der Waals surface area (Å²) in [5.74, 6) is -0.312. The fraction of sp³-hybridized carbons (Fsp3) is 0.455. The summed E-state index contributed by atoms with van der Waals surface area (Å²) in [5.41, 5.74) is 5.98. The van der Waals surface area contributed by atoms with Gasteiger partial charge in [-0.25, -0.2) is 0 Å². The average Bonchev–Trinajstić information content (AvgIpc) is 3.28. The van der Waals surface area contributed by atoms with Crippen molar-refractivity contribution in [2.45, 2.75) is 50.7 Å². The summed E-state index contributed by atoms with van der Waals surface area (Å²) in [4.78, 5) is 2.83. The van der Waals surface area contributed by atoms with E-state index in [0.29, 0.717) is 0 Å². The van der Waals surface area contributed by atoms with Gasteiger partial charge in [0.1, 0.15) is 0 Å². The monoisotopic (exact) mass is 352 g/mol. The maximum absolute atomic E-state index is 6.00. The molecular weight excluding hydrogens is 328 g/mol. The molecule has 2 aliphatic carbocycles. The van der Waals surface area contributed by atoms with E-state index in [1.165, 1.54) is 32.0 Å². The summed E-state index contributed by atoms with van der Waals surface area (Å²) in [6.45, 7) is 5.97. The van der Waals surface area contributed by atoms with Crippen LogP contribution in [0.1, 0.15) is 52.1 Å². The first-order valence-corrected chi connectivity index (χ1v) is 10.1. The van der Waals surface area contributed by atoms with Crippen molar-refractivity contribution >= 4 is 23.0 Å². The first kappa shape index (κ1) is 15.8. The van der Waals surface area contributed by atoms with Crippen LogP contribution in [0.3, 0.4) is 0 Å². The average molecular weight is 352 g/mol. The molecule has 25 heavy (non-hydrogen) atoms. The van der Waals surface area contributed by atoms with Gasteiger partial charge >= 0.3 is 0 Å². The van der Waals surface area contributed by atoms with E-state index < -0.39 is 0 Å². The molecule has 2 nitrogen and oxygen atoms in total. The van der Waals surface area contributed by atoms with E-state index in [1.54, 1.807) is 0 Å². The minimum atomic E-state index is -0.312. The Morgan fingerprint density at radius 2 is 1.68 bits per heavy atom. The molecule has 1 saturated heterocycles. The van der Waals surface area contributed by atoms with E-state index in [4.69, 9.17) is 9.47 Å². The second-order valence-electron chi connectivity index (χ2n) is 7.66. The van der Waals surface area contributed by atoms with E-state index in [-0.39, 0.29) is 11.2 Å². The molecule has 2 heterocycles. The van der Waals surface area contributed by atoms with Crippen LogP contribution in [0.4, 0.5) is 0 Å². The highest BCUT2D eigenvalue weighted by Crippen LogP contribution is 2.58. The molecule has 0 N–H and O–H groups in total. The largest absolute Gasteiger partial charge is 0.348 e. The number of aryl methyl sites for hydroxylation is 2. The summed E-state index contributed by atoms with van der Waals surface area (Å²) < 4.78 is 12.0. The standard InChI is InChI=1S/C22H24O2S/c1-15-13-18(16(2)25-15)20-14-17-5-3-4-6-19(17)21(20)7-9-22(10-8-21)23-11-12-24-22/h3-6,13-14H,7-12H2,1-2H3. The van der Waals surface area contributed by atoms with Gasteiger partial charge < -0.3 is 9.47 Å². The number of thiophene rings is 1. The quantitative estimate of drug-likeness (QED) is 0.677. The number of benzene rings is 1. The predicted molar refractivity (Wildman–Crippen MR) is 103 cm³/mol. The van der Waals surface area contributed by atoms with Gasteiger partial charge in [0.25, 0.3) is 0 Å². The molecule has 0 radical (unpaired) electrons. The molecule has 1 aromatic carbocycles. The van der Waals surface area contributed by atoms with Crippen molar-refractivity contribution in [2.24, 2.45) is 0 Å². The van der Waals surface area contributed by atoms with Crippen LogP contribution in [0.5, 0.6) is 0 Å². The van der Waals surface area contributed by atoms with Gasteiger partial charge in [0.15, 0.2) is 5.79 Å². The minimum Gasteiger partial charge on any atom is -0.348 e. The van der Waals surface area contributed by atoms with Crippen molar-refractivity contribution in [1.82, 2.24) is 0 Å². The molecule has 3 heteroatoms. The Labute approximate surface area is 153 Å². The van der Waals surface area contributed by atoms with Crippen LogP contribution in [0, 0.1) is 13.8 Å². The van der Waals surface area contributed by atoms with Crippen molar-refractivity contribution in [3.8, 4) is 0 Å². The molecular formula is C22H24O2S. The van der Waals surface area contributed by atoms with Gasteiger partial charge in [0.05, 0.1) is 13.2 Å². The van der Waals surface area contributed by atoms with E-state index in [9.17, 15) is 0 Å². The first-order valence-electron chi connectivity index (χ1n) is 9.29. The van der Waals surface area contributed by atoms with Gasteiger partial charge in [-0.15, -0.1) is 11.3 Å². The summed E-state index contributed by atoms with van der Waals surface area (Å²) in [6, 6.07) is 11.3. The third-order valence-corrected chi connectivity index (χ3v) is 7.27. The highest BCUT2D eigenvalue weighted by Gasteiger charge is 2.51. The molecule has 5 rings (SSSR count). The van der Waals surface area contributed by atoms with E-state index in [0.717, 1.165) is 38.9 Å². The van der Waals surface area contributed by atoms with Gasteiger partial charge in [-0.1, -0.05) is 24.3 Å². The topological polar surface area (TPSA) is 18.5 Å². The van der Waals surface area contributed by atoms with Gasteiger partial charge in [-0.3, -0.25) is 0 Å². The third kappa shape index (κ3) is 2.29. The normalized spacial score (nSPS) is 23.2. The lowest BCUT2D eigenvalue weighted by Gasteiger charge is -2.44. The molecule has 1 aromatic heterocycles. The van der Waals surface area contributed by atoms with Crippen molar-refractivity contribution in [3.05, 3.63) is 56.8 Å². The minimum absolute atomic E-state index is 0.120. The van der Waals surface area contributed by atoms with Crippen molar-refractivity contribution in [1.29, 1.82) is 0 Å². The molecule has 0 atom stereocenters. The number of rotatable bonds is 1. The van der Waals surface area contributed by atoms with Crippen LogP contribution in [0.25, 0.3) is 11.6 Å². The Morgan fingerprint density at radius 3 is 2.36 bits per heavy atom. The number of fused-ring (bicyclic) bond motifs is 2. The summed E-state index contributed by atoms with van der Waals surface area (Å²) in [5, 5.41) is 0. The van der Waals surface area contributed by atoms with Crippen LogP contribution < -0.4 is 0 Å². The molecule has 0 unspecified atom stereocenters. The molecule has 0 amide bonds. The van der Waals surface area contributed by atoms with Gasteiger partial charge in [0, 0.05) is 28.0 Å². The lowest BCUT2D eigenvalue weighted by molar-refractivity contribution is -0.182. The molecule has 0 bridgehead atoms. The highest BCUT2D eigenvalue weighted by molar-refractivity contribution is 7.12. The Hall–Kier alpha value is -1.42. The number of ether oxygens (including phenoxy) is 2. The molecule has 3 aliphatic rings. The summed E-state index contributed by atoms with van der Waals surface area (Å²) in [6.07, 6.45) is 6.62. The predicted octanol–water partition coefficient (Wildman–Crippen LogP) is 5.47. The summed E-state index contributed by atoms with van der Waals surface area (Å²) in [7, 11) is 0. The fourth-order valence-corrected chi connectivity index (χ4v) is 6.05. The second-order valence-corrected chi connectivity index (χ2v) is 9.12. The lowest BCUT2D eigenvalue weighted by Crippen LogP contribution is -2.42. The maximum Gasteiger partial charge on any atom is 0.168 e. The zero-order chi connectivity index (χ0) is 17.1. The van der Waals surface area contributed by atoms with Crippen molar-refractivity contribution < 1.29 is 9.47 Å². The van der Waals surface area contributed by atoms with Crippen LogP contribution in [-0.4, -0.2) is 19.0 Å². The van der Waals surface area contributed by atoms with Crippen LogP contribution in [0.2, 0.25) is 0 Å². The highest BCUT2D eigenvalue weighted by atomic mass is 32.1. The molecule has 2 aromatic rings. The first-order chi connectivity index (χ1) is 12.1. The number of hydrogen-bond donors (Lipinski definition) is 0. The second kappa shape index (κ2) is 5.54. The summed E-state index contributed by atoms with van der Waals surface area (Å²) >= 11 is 1.91.